The van der Waals surface area contributed by atoms with Gasteiger partial charge < -0.3 is 0 Å². The molecule has 0 bridgehead atoms. The minimum absolute atomic E-state index is 0.136. The molecular weight excluding hydrogens is 343 g/mol. The van der Waals surface area contributed by atoms with Crippen molar-refractivity contribution in [3.8, 4) is 0 Å². The fourth-order valence-electron chi connectivity index (χ4n) is 1.04. The van der Waals surface area contributed by atoms with Gasteiger partial charge in [0, 0.05) is 9.13 Å². The minimum Gasteiger partial charge on any atom is -0.294 e. The van der Waals surface area contributed by atoms with E-state index >= 15 is 0 Å². The monoisotopic (exact) mass is 348 g/mol. The molecule has 6 heteroatoms. The third-order valence-electron chi connectivity index (χ3n) is 1.77. The highest BCUT2D eigenvalue weighted by atomic mass is 127. The van der Waals surface area contributed by atoms with E-state index in [1.165, 1.54) is 6.92 Å². The minimum atomic E-state index is -4.49. The van der Waals surface area contributed by atoms with E-state index in [1.54, 1.807) is 22.6 Å². The van der Waals surface area contributed by atoms with Crippen molar-refractivity contribution in [3.63, 3.8) is 0 Å². The van der Waals surface area contributed by atoms with Crippen LogP contribution in [0.15, 0.2) is 12.1 Å². The van der Waals surface area contributed by atoms with Gasteiger partial charge in [-0.25, -0.2) is 0 Å². The summed E-state index contributed by atoms with van der Waals surface area (Å²) in [5.41, 5.74) is -0.716. The van der Waals surface area contributed by atoms with Crippen molar-refractivity contribution in [3.05, 3.63) is 31.9 Å². The summed E-state index contributed by atoms with van der Waals surface area (Å²) in [6.07, 6.45) is -4.49. The molecule has 0 spiro atoms. The van der Waals surface area contributed by atoms with Crippen LogP contribution in [-0.2, 0) is 6.18 Å². The number of ketones is 1. The molecular formula is C9H5ClF3IO. The molecule has 0 radical (unpaired) electrons. The Balaban J connectivity index is 3.41. The average Bonchev–Trinajstić information content (AvgIpc) is 2.06. The van der Waals surface area contributed by atoms with Gasteiger partial charge in [0.15, 0.2) is 5.78 Å². The molecule has 1 aromatic carbocycles. The Morgan fingerprint density at radius 1 is 1.40 bits per heavy atom. The van der Waals surface area contributed by atoms with E-state index in [9.17, 15) is 18.0 Å². The van der Waals surface area contributed by atoms with Crippen molar-refractivity contribution in [2.45, 2.75) is 13.1 Å². The number of hydrogen-bond donors (Lipinski definition) is 0. The number of benzene rings is 1. The van der Waals surface area contributed by atoms with Crippen molar-refractivity contribution in [2.24, 2.45) is 0 Å². The quantitative estimate of drug-likeness (QED) is 0.550. The molecule has 0 saturated heterocycles. The number of hydrogen-bond acceptors (Lipinski definition) is 1. The van der Waals surface area contributed by atoms with E-state index < -0.39 is 16.8 Å². The van der Waals surface area contributed by atoms with E-state index in [1.807, 2.05) is 0 Å². The van der Waals surface area contributed by atoms with Gasteiger partial charge in [0.2, 0.25) is 0 Å². The molecule has 1 aromatic rings. The average molecular weight is 348 g/mol. The Labute approximate surface area is 103 Å². The molecule has 15 heavy (non-hydrogen) atoms. The second kappa shape index (κ2) is 4.29. The summed E-state index contributed by atoms with van der Waals surface area (Å²) in [5, 5.41) is -0.421. The Morgan fingerprint density at radius 2 is 1.93 bits per heavy atom. The second-order valence-corrected chi connectivity index (χ2v) is 4.30. The molecule has 1 rings (SSSR count). The molecule has 0 atom stereocenters. The van der Waals surface area contributed by atoms with Gasteiger partial charge in [-0.1, -0.05) is 11.6 Å². The van der Waals surface area contributed by atoms with Crippen LogP contribution in [0.1, 0.15) is 22.8 Å². The molecule has 0 amide bonds. The van der Waals surface area contributed by atoms with Crippen LogP contribution in [0.25, 0.3) is 0 Å². The summed E-state index contributed by atoms with van der Waals surface area (Å²) < 4.78 is 37.3. The molecule has 82 valence electrons. The highest BCUT2D eigenvalue weighted by Gasteiger charge is 2.34. The van der Waals surface area contributed by atoms with Gasteiger partial charge in [0.05, 0.1) is 10.6 Å². The zero-order chi connectivity index (χ0) is 11.8. The van der Waals surface area contributed by atoms with Gasteiger partial charge in [-0.3, -0.25) is 4.79 Å². The lowest BCUT2D eigenvalue weighted by Crippen LogP contribution is -2.08. The molecule has 0 heterocycles. The van der Waals surface area contributed by atoms with Gasteiger partial charge in [0.1, 0.15) is 0 Å². The first-order valence-corrected chi connectivity index (χ1v) is 5.27. The number of rotatable bonds is 1. The Hall–Kier alpha value is -0.300. The van der Waals surface area contributed by atoms with Gasteiger partial charge in [0.25, 0.3) is 0 Å². The largest absolute Gasteiger partial charge is 0.417 e. The van der Waals surface area contributed by atoms with E-state index in [0.717, 1.165) is 12.1 Å². The predicted octanol–water partition coefficient (Wildman–Crippen LogP) is 4.17. The SMILES string of the molecule is CC(=O)c1ccc(C(F)(F)F)c(Cl)c1I. The van der Waals surface area contributed by atoms with Crippen molar-refractivity contribution >= 4 is 40.0 Å². The van der Waals surface area contributed by atoms with Crippen LogP contribution < -0.4 is 0 Å². The third-order valence-corrected chi connectivity index (χ3v) is 3.60. The predicted molar refractivity (Wildman–Crippen MR) is 59.2 cm³/mol. The Morgan fingerprint density at radius 3 is 2.33 bits per heavy atom. The first kappa shape index (κ1) is 12.8. The maximum atomic E-state index is 12.4. The maximum absolute atomic E-state index is 12.4. The van der Waals surface area contributed by atoms with Crippen molar-refractivity contribution < 1.29 is 18.0 Å². The molecule has 0 fully saturated rings. The lowest BCUT2D eigenvalue weighted by molar-refractivity contribution is -0.137. The third kappa shape index (κ3) is 2.63. The Kier molecular flexibility index (Phi) is 3.65. The molecule has 0 N–H and O–H groups in total. The van der Waals surface area contributed by atoms with Crippen LogP contribution in [0.4, 0.5) is 13.2 Å². The first-order chi connectivity index (χ1) is 6.75. The number of carbonyl (C=O) groups is 1. The van der Waals surface area contributed by atoms with Crippen molar-refractivity contribution in [1.82, 2.24) is 0 Å². The zero-order valence-corrected chi connectivity index (χ0v) is 10.4. The number of alkyl halides is 3. The summed E-state index contributed by atoms with van der Waals surface area (Å²) in [6.45, 7) is 1.28. The number of Topliss-reactive ketones (excluding diaryl/α,β-unsaturated/α-hetero) is 1. The van der Waals surface area contributed by atoms with E-state index in [0.29, 0.717) is 0 Å². The van der Waals surface area contributed by atoms with Crippen LogP contribution in [-0.4, -0.2) is 5.78 Å². The molecule has 0 aliphatic rings. The number of halogens is 5. The van der Waals surface area contributed by atoms with Gasteiger partial charge in [-0.05, 0) is 41.6 Å². The highest BCUT2D eigenvalue weighted by Crippen LogP contribution is 2.37. The number of carbonyl (C=O) groups excluding carboxylic acids is 1. The van der Waals surface area contributed by atoms with Crippen LogP contribution in [0.2, 0.25) is 5.02 Å². The van der Waals surface area contributed by atoms with E-state index in [2.05, 4.69) is 0 Å². The summed E-state index contributed by atoms with van der Waals surface area (Å²) in [5.74, 6) is -0.310. The summed E-state index contributed by atoms with van der Waals surface area (Å²) >= 11 is 7.18. The fourth-order valence-corrected chi connectivity index (χ4v) is 2.16. The van der Waals surface area contributed by atoms with Crippen molar-refractivity contribution in [1.29, 1.82) is 0 Å². The van der Waals surface area contributed by atoms with E-state index in [-0.39, 0.29) is 14.9 Å². The van der Waals surface area contributed by atoms with Crippen LogP contribution in [0, 0.1) is 3.57 Å². The topological polar surface area (TPSA) is 17.1 Å². The van der Waals surface area contributed by atoms with E-state index in [4.69, 9.17) is 11.6 Å². The van der Waals surface area contributed by atoms with Crippen LogP contribution in [0.5, 0.6) is 0 Å². The van der Waals surface area contributed by atoms with Gasteiger partial charge >= 0.3 is 6.18 Å². The van der Waals surface area contributed by atoms with Crippen LogP contribution >= 0.6 is 34.2 Å². The fraction of sp³-hybridized carbons (Fsp3) is 0.222. The molecule has 0 unspecified atom stereocenters. The zero-order valence-electron chi connectivity index (χ0n) is 7.45. The molecule has 0 aliphatic carbocycles. The molecule has 0 aromatic heterocycles. The van der Waals surface area contributed by atoms with Crippen LogP contribution in [0.3, 0.4) is 0 Å². The second-order valence-electron chi connectivity index (χ2n) is 2.84. The lowest BCUT2D eigenvalue weighted by atomic mass is 10.1. The summed E-state index contributed by atoms with van der Waals surface area (Å²) in [6, 6.07) is 1.96. The summed E-state index contributed by atoms with van der Waals surface area (Å²) in [7, 11) is 0. The van der Waals surface area contributed by atoms with Gasteiger partial charge in [-0.15, -0.1) is 0 Å². The van der Waals surface area contributed by atoms with Gasteiger partial charge in [-0.2, -0.15) is 13.2 Å². The standard InChI is InChI=1S/C9H5ClF3IO/c1-4(15)5-2-3-6(9(11,12)13)7(10)8(5)14/h2-3H,1H3. The normalized spacial score (nSPS) is 11.6. The molecule has 0 saturated carbocycles. The Bertz CT molecular complexity index is 415. The lowest BCUT2D eigenvalue weighted by Gasteiger charge is -2.11. The molecule has 0 aliphatic heterocycles. The smallest absolute Gasteiger partial charge is 0.294 e. The first-order valence-electron chi connectivity index (χ1n) is 3.81. The summed E-state index contributed by atoms with van der Waals surface area (Å²) in [4.78, 5) is 11.0. The maximum Gasteiger partial charge on any atom is 0.417 e. The van der Waals surface area contributed by atoms with Crippen molar-refractivity contribution in [2.75, 3.05) is 0 Å². The molecule has 1 nitrogen and oxygen atoms in total. The highest BCUT2D eigenvalue weighted by molar-refractivity contribution is 14.1.